The Morgan fingerprint density at radius 2 is 1.90 bits per heavy atom. The van der Waals surface area contributed by atoms with Gasteiger partial charge >= 0.3 is 5.97 Å². The van der Waals surface area contributed by atoms with Crippen LogP contribution in [0.15, 0.2) is 12.1 Å². The maximum absolute atomic E-state index is 12.1. The number of benzene rings is 1. The van der Waals surface area contributed by atoms with Crippen LogP contribution in [0.1, 0.15) is 36.5 Å². The number of anilines is 1. The lowest BCUT2D eigenvalue weighted by Gasteiger charge is -2.23. The summed E-state index contributed by atoms with van der Waals surface area (Å²) in [5.41, 5.74) is 6.74. The minimum atomic E-state index is -0.557. The zero-order chi connectivity index (χ0) is 15.6. The quantitative estimate of drug-likeness (QED) is 0.866. The third kappa shape index (κ3) is 3.35. The number of likely N-dealkylation sites (tertiary alicyclic amines) is 1. The molecule has 0 spiro atoms. The van der Waals surface area contributed by atoms with Crippen molar-refractivity contribution < 1.29 is 14.4 Å². The van der Waals surface area contributed by atoms with Crippen LogP contribution >= 0.6 is 0 Å². The first-order valence-electron chi connectivity index (χ1n) is 7.24. The van der Waals surface area contributed by atoms with E-state index in [1.807, 2.05) is 32.9 Å². The van der Waals surface area contributed by atoms with Crippen molar-refractivity contribution >= 4 is 17.6 Å². The van der Waals surface area contributed by atoms with Crippen molar-refractivity contribution in [1.82, 2.24) is 4.90 Å². The Bertz CT molecular complexity index is 546. The highest BCUT2D eigenvalue weighted by Crippen LogP contribution is 2.22. The molecule has 1 atom stereocenters. The highest BCUT2D eigenvalue weighted by atomic mass is 16.7. The summed E-state index contributed by atoms with van der Waals surface area (Å²) in [7, 11) is 0. The molecule has 0 radical (unpaired) electrons. The van der Waals surface area contributed by atoms with Crippen LogP contribution < -0.4 is 5.48 Å². The van der Waals surface area contributed by atoms with Gasteiger partial charge in [-0.25, -0.2) is 10.3 Å². The smallest absolute Gasteiger partial charge is 0.341 e. The van der Waals surface area contributed by atoms with Crippen LogP contribution in [0.2, 0.25) is 0 Å². The molecule has 1 aliphatic heterocycles. The summed E-state index contributed by atoms with van der Waals surface area (Å²) in [6.45, 7) is 8.27. The van der Waals surface area contributed by atoms with Crippen LogP contribution in [-0.2, 0) is 14.4 Å². The van der Waals surface area contributed by atoms with Crippen molar-refractivity contribution in [2.24, 2.45) is 0 Å². The van der Waals surface area contributed by atoms with Gasteiger partial charge in [-0.2, -0.15) is 0 Å². The topological polar surface area (TPSA) is 58.6 Å². The molecule has 0 aliphatic carbocycles. The fourth-order valence-electron chi connectivity index (χ4n) is 2.73. The Balaban J connectivity index is 2.00. The van der Waals surface area contributed by atoms with Crippen molar-refractivity contribution in [3.05, 3.63) is 28.8 Å². The highest BCUT2D eigenvalue weighted by molar-refractivity contribution is 5.85. The SMILES string of the molecule is Cc1cc(C)c(NOC(=O)C(C)N2CCCC2=O)c(C)c1. The van der Waals surface area contributed by atoms with Crippen LogP contribution in [0, 0.1) is 20.8 Å². The van der Waals surface area contributed by atoms with Crippen molar-refractivity contribution in [3.8, 4) is 0 Å². The standard InChI is InChI=1S/C16H22N2O3/c1-10-8-11(2)15(12(3)9-10)17-21-16(20)13(4)18-7-5-6-14(18)19/h8-9,13,17H,5-7H2,1-4H3. The molecule has 1 N–H and O–H groups in total. The molecule has 2 rings (SSSR count). The molecular formula is C16H22N2O3. The second-order valence-electron chi connectivity index (χ2n) is 5.66. The average molecular weight is 290 g/mol. The summed E-state index contributed by atoms with van der Waals surface area (Å²) in [4.78, 5) is 30.4. The molecule has 1 fully saturated rings. The van der Waals surface area contributed by atoms with E-state index in [0.717, 1.165) is 28.8 Å². The summed E-state index contributed by atoms with van der Waals surface area (Å²) >= 11 is 0. The molecule has 1 aromatic carbocycles. The van der Waals surface area contributed by atoms with Gasteiger partial charge in [0.2, 0.25) is 5.91 Å². The van der Waals surface area contributed by atoms with E-state index in [0.29, 0.717) is 13.0 Å². The second-order valence-corrected chi connectivity index (χ2v) is 5.66. The summed E-state index contributed by atoms with van der Waals surface area (Å²) in [5, 5.41) is 0. The summed E-state index contributed by atoms with van der Waals surface area (Å²) in [5.74, 6) is -0.424. The lowest BCUT2D eigenvalue weighted by atomic mass is 10.1. The first-order chi connectivity index (χ1) is 9.90. The lowest BCUT2D eigenvalue weighted by Crippen LogP contribution is -2.41. The molecule has 0 bridgehead atoms. The minimum absolute atomic E-state index is 0.0159. The van der Waals surface area contributed by atoms with Crippen molar-refractivity contribution in [2.45, 2.75) is 46.6 Å². The Morgan fingerprint density at radius 1 is 1.29 bits per heavy atom. The molecule has 1 saturated heterocycles. The van der Waals surface area contributed by atoms with Gasteiger partial charge < -0.3 is 9.74 Å². The fraction of sp³-hybridized carbons (Fsp3) is 0.500. The number of rotatable bonds is 4. The number of hydrogen-bond acceptors (Lipinski definition) is 4. The van der Waals surface area contributed by atoms with Gasteiger partial charge in [0.25, 0.3) is 0 Å². The average Bonchev–Trinajstić information content (AvgIpc) is 2.82. The van der Waals surface area contributed by atoms with E-state index >= 15 is 0 Å². The normalized spacial score (nSPS) is 16.0. The monoisotopic (exact) mass is 290 g/mol. The van der Waals surface area contributed by atoms with Gasteiger partial charge in [0, 0.05) is 13.0 Å². The first kappa shape index (κ1) is 15.4. The Labute approximate surface area is 125 Å². The number of nitrogens with one attached hydrogen (secondary N) is 1. The van der Waals surface area contributed by atoms with E-state index in [1.54, 1.807) is 11.8 Å². The van der Waals surface area contributed by atoms with Gasteiger partial charge in [0.1, 0.15) is 6.04 Å². The largest absolute Gasteiger partial charge is 0.354 e. The minimum Gasteiger partial charge on any atom is -0.341 e. The van der Waals surface area contributed by atoms with Crippen LogP contribution in [0.3, 0.4) is 0 Å². The lowest BCUT2D eigenvalue weighted by molar-refractivity contribution is -0.150. The van der Waals surface area contributed by atoms with Gasteiger partial charge in [0.05, 0.1) is 5.69 Å². The molecular weight excluding hydrogens is 268 g/mol. The predicted molar refractivity (Wildman–Crippen MR) is 80.8 cm³/mol. The number of hydrogen-bond donors (Lipinski definition) is 1. The number of amides is 1. The molecule has 1 amide bonds. The summed E-state index contributed by atoms with van der Waals surface area (Å²) < 4.78 is 0. The maximum atomic E-state index is 12.1. The molecule has 114 valence electrons. The summed E-state index contributed by atoms with van der Waals surface area (Å²) in [6.07, 6.45) is 1.32. The second kappa shape index (κ2) is 6.16. The van der Waals surface area contributed by atoms with Gasteiger partial charge in [-0.05, 0) is 45.2 Å². The highest BCUT2D eigenvalue weighted by Gasteiger charge is 2.30. The van der Waals surface area contributed by atoms with E-state index < -0.39 is 12.0 Å². The van der Waals surface area contributed by atoms with Crippen LogP contribution in [0.5, 0.6) is 0 Å². The first-order valence-corrected chi connectivity index (χ1v) is 7.24. The molecule has 1 aliphatic rings. The molecule has 5 nitrogen and oxygen atoms in total. The molecule has 0 saturated carbocycles. The van der Waals surface area contributed by atoms with Crippen LogP contribution in [0.25, 0.3) is 0 Å². The Hall–Kier alpha value is -2.04. The summed E-state index contributed by atoms with van der Waals surface area (Å²) in [6, 6.07) is 3.49. The number of aryl methyl sites for hydroxylation is 3. The molecule has 1 heterocycles. The predicted octanol–water partition coefficient (Wildman–Crippen LogP) is 2.49. The van der Waals surface area contributed by atoms with E-state index in [9.17, 15) is 9.59 Å². The third-order valence-electron chi connectivity index (χ3n) is 3.85. The van der Waals surface area contributed by atoms with Crippen molar-refractivity contribution in [3.63, 3.8) is 0 Å². The van der Waals surface area contributed by atoms with Gasteiger partial charge in [-0.15, -0.1) is 0 Å². The van der Waals surface area contributed by atoms with E-state index in [-0.39, 0.29) is 5.91 Å². The molecule has 5 heteroatoms. The van der Waals surface area contributed by atoms with Gasteiger partial charge in [-0.3, -0.25) is 4.79 Å². The Kier molecular flexibility index (Phi) is 4.50. The van der Waals surface area contributed by atoms with Gasteiger partial charge in [0.15, 0.2) is 0 Å². The van der Waals surface area contributed by atoms with Crippen LogP contribution in [-0.4, -0.2) is 29.4 Å². The van der Waals surface area contributed by atoms with Gasteiger partial charge in [-0.1, -0.05) is 17.7 Å². The molecule has 1 aromatic rings. The van der Waals surface area contributed by atoms with Crippen molar-refractivity contribution in [1.29, 1.82) is 0 Å². The Morgan fingerprint density at radius 3 is 2.43 bits per heavy atom. The fourth-order valence-corrected chi connectivity index (χ4v) is 2.73. The zero-order valence-electron chi connectivity index (χ0n) is 13.0. The van der Waals surface area contributed by atoms with E-state index in [1.165, 1.54) is 0 Å². The zero-order valence-corrected chi connectivity index (χ0v) is 13.0. The molecule has 21 heavy (non-hydrogen) atoms. The van der Waals surface area contributed by atoms with E-state index in [2.05, 4.69) is 5.48 Å². The molecule has 0 aromatic heterocycles. The van der Waals surface area contributed by atoms with Crippen LogP contribution in [0.4, 0.5) is 5.69 Å². The third-order valence-corrected chi connectivity index (χ3v) is 3.85. The number of nitrogens with zero attached hydrogens (tertiary/aromatic N) is 1. The number of carbonyl (C=O) groups excluding carboxylic acids is 2. The maximum Gasteiger partial charge on any atom is 0.354 e. The van der Waals surface area contributed by atoms with E-state index in [4.69, 9.17) is 4.84 Å². The molecule has 1 unspecified atom stereocenters. The van der Waals surface area contributed by atoms with Crippen molar-refractivity contribution in [2.75, 3.05) is 12.0 Å². The number of carbonyl (C=O) groups is 2.